The van der Waals surface area contributed by atoms with Gasteiger partial charge < -0.3 is 14.8 Å². The van der Waals surface area contributed by atoms with E-state index in [0.29, 0.717) is 0 Å². The number of nitrogens with one attached hydrogen (secondary N) is 1. The lowest BCUT2D eigenvalue weighted by Crippen LogP contribution is -2.31. The zero-order valence-corrected chi connectivity index (χ0v) is 9.15. The monoisotopic (exact) mass is 223 g/mol. The van der Waals surface area contributed by atoms with Crippen LogP contribution in [0.3, 0.4) is 0 Å². The summed E-state index contributed by atoms with van der Waals surface area (Å²) in [6, 6.07) is 7.16. The van der Waals surface area contributed by atoms with Gasteiger partial charge in [0.25, 0.3) is 0 Å². The van der Waals surface area contributed by atoms with Gasteiger partial charge in [-0.1, -0.05) is 12.1 Å². The topological polar surface area (TPSA) is 64.6 Å². The molecule has 0 spiro atoms. The molecule has 0 atom stereocenters. The minimum atomic E-state index is -0.895. The van der Waals surface area contributed by atoms with Gasteiger partial charge in [0.2, 0.25) is 0 Å². The second-order valence-electron chi connectivity index (χ2n) is 3.02. The Bertz CT molecular complexity index is 372. The number of carbonyl (C=O) groups excluding carboxylic acids is 2. The van der Waals surface area contributed by atoms with Crippen LogP contribution in [0.5, 0.6) is 5.75 Å². The normalized spacial score (nSPS) is 9.38. The second kappa shape index (κ2) is 5.75. The highest BCUT2D eigenvalue weighted by molar-refractivity contribution is 6.32. The zero-order chi connectivity index (χ0) is 12.0. The van der Waals surface area contributed by atoms with Gasteiger partial charge in [0.05, 0.1) is 14.2 Å². The molecule has 1 amide bonds. The van der Waals surface area contributed by atoms with Crippen molar-refractivity contribution in [2.45, 2.75) is 6.54 Å². The van der Waals surface area contributed by atoms with Crippen LogP contribution < -0.4 is 10.1 Å². The Morgan fingerprint density at radius 2 is 1.81 bits per heavy atom. The molecule has 0 aromatic heterocycles. The molecular formula is C11H13NO4. The van der Waals surface area contributed by atoms with Crippen LogP contribution >= 0.6 is 0 Å². The SMILES string of the molecule is COC(=O)C(=O)NCc1ccc(OC)cc1. The standard InChI is InChI=1S/C11H13NO4/c1-15-9-5-3-8(4-6-9)7-12-10(13)11(14)16-2/h3-6H,7H2,1-2H3,(H,12,13). The fourth-order valence-corrected chi connectivity index (χ4v) is 1.09. The third kappa shape index (κ3) is 3.27. The molecule has 0 saturated carbocycles. The van der Waals surface area contributed by atoms with E-state index >= 15 is 0 Å². The molecule has 16 heavy (non-hydrogen) atoms. The molecule has 0 unspecified atom stereocenters. The highest BCUT2D eigenvalue weighted by atomic mass is 16.5. The van der Waals surface area contributed by atoms with Gasteiger partial charge in [-0.05, 0) is 17.7 Å². The summed E-state index contributed by atoms with van der Waals surface area (Å²) in [5.74, 6) is -0.908. The van der Waals surface area contributed by atoms with Crippen molar-refractivity contribution in [3.05, 3.63) is 29.8 Å². The average molecular weight is 223 g/mol. The number of hydrogen-bond acceptors (Lipinski definition) is 4. The van der Waals surface area contributed by atoms with E-state index in [1.54, 1.807) is 31.4 Å². The fourth-order valence-electron chi connectivity index (χ4n) is 1.09. The minimum Gasteiger partial charge on any atom is -0.497 e. The Morgan fingerprint density at radius 1 is 1.19 bits per heavy atom. The predicted octanol–water partition coefficient (Wildman–Crippen LogP) is 0.484. The van der Waals surface area contributed by atoms with Crippen molar-refractivity contribution in [3.8, 4) is 5.75 Å². The molecule has 1 aromatic rings. The van der Waals surface area contributed by atoms with E-state index in [2.05, 4.69) is 10.1 Å². The second-order valence-corrected chi connectivity index (χ2v) is 3.02. The average Bonchev–Trinajstić information content (AvgIpc) is 2.35. The molecule has 1 aromatic carbocycles. The smallest absolute Gasteiger partial charge is 0.396 e. The van der Waals surface area contributed by atoms with Gasteiger partial charge in [0.1, 0.15) is 5.75 Å². The predicted molar refractivity (Wildman–Crippen MR) is 56.9 cm³/mol. The van der Waals surface area contributed by atoms with Crippen LogP contribution in [0.25, 0.3) is 0 Å². The third-order valence-corrected chi connectivity index (χ3v) is 1.98. The molecule has 1 rings (SSSR count). The van der Waals surface area contributed by atoms with E-state index in [4.69, 9.17) is 4.74 Å². The van der Waals surface area contributed by atoms with Crippen LogP contribution in [0.4, 0.5) is 0 Å². The third-order valence-electron chi connectivity index (χ3n) is 1.98. The molecule has 1 N–H and O–H groups in total. The van der Waals surface area contributed by atoms with E-state index in [0.717, 1.165) is 18.4 Å². The van der Waals surface area contributed by atoms with Crippen molar-refractivity contribution in [1.82, 2.24) is 5.32 Å². The van der Waals surface area contributed by atoms with E-state index < -0.39 is 11.9 Å². The van der Waals surface area contributed by atoms with Gasteiger partial charge in [-0.25, -0.2) is 4.79 Å². The van der Waals surface area contributed by atoms with Crippen LogP contribution in [0.1, 0.15) is 5.56 Å². The first-order valence-corrected chi connectivity index (χ1v) is 4.66. The molecule has 5 nitrogen and oxygen atoms in total. The van der Waals surface area contributed by atoms with E-state index in [-0.39, 0.29) is 6.54 Å². The quantitative estimate of drug-likeness (QED) is 0.598. The lowest BCUT2D eigenvalue weighted by atomic mass is 10.2. The fraction of sp³-hybridized carbons (Fsp3) is 0.273. The van der Waals surface area contributed by atoms with Gasteiger partial charge in [0, 0.05) is 6.54 Å². The van der Waals surface area contributed by atoms with Crippen LogP contribution in [0, 0.1) is 0 Å². The van der Waals surface area contributed by atoms with Crippen LogP contribution in [0.15, 0.2) is 24.3 Å². The maximum atomic E-state index is 11.1. The molecule has 0 aliphatic carbocycles. The summed E-state index contributed by atoms with van der Waals surface area (Å²) in [7, 11) is 2.74. The highest BCUT2D eigenvalue weighted by Crippen LogP contribution is 2.10. The molecule has 0 saturated heterocycles. The van der Waals surface area contributed by atoms with E-state index in [1.165, 1.54) is 0 Å². The van der Waals surface area contributed by atoms with Crippen molar-refractivity contribution in [2.75, 3.05) is 14.2 Å². The Hall–Kier alpha value is -2.04. The summed E-state index contributed by atoms with van der Waals surface area (Å²) >= 11 is 0. The number of hydrogen-bond donors (Lipinski definition) is 1. The maximum Gasteiger partial charge on any atom is 0.396 e. The van der Waals surface area contributed by atoms with E-state index in [9.17, 15) is 9.59 Å². The number of methoxy groups -OCH3 is 2. The number of amides is 1. The molecule has 86 valence electrons. The number of rotatable bonds is 3. The Kier molecular flexibility index (Phi) is 4.32. The first-order valence-electron chi connectivity index (χ1n) is 4.66. The van der Waals surface area contributed by atoms with E-state index in [1.807, 2.05) is 0 Å². The zero-order valence-electron chi connectivity index (χ0n) is 9.15. The Balaban J connectivity index is 2.48. The van der Waals surface area contributed by atoms with Crippen molar-refractivity contribution in [3.63, 3.8) is 0 Å². The molecular weight excluding hydrogens is 210 g/mol. The Labute approximate surface area is 93.4 Å². The molecule has 0 heterocycles. The number of benzene rings is 1. The number of esters is 1. The summed E-state index contributed by atoms with van der Waals surface area (Å²) in [4.78, 5) is 21.8. The summed E-state index contributed by atoms with van der Waals surface area (Å²) in [5, 5.41) is 2.43. The molecule has 0 aliphatic rings. The molecule has 0 radical (unpaired) electrons. The van der Waals surface area contributed by atoms with Gasteiger partial charge in [-0.15, -0.1) is 0 Å². The van der Waals surface area contributed by atoms with Crippen molar-refractivity contribution < 1.29 is 19.1 Å². The molecule has 5 heteroatoms. The summed E-state index contributed by atoms with van der Waals surface area (Å²) < 4.78 is 9.25. The minimum absolute atomic E-state index is 0.276. The van der Waals surface area contributed by atoms with Crippen molar-refractivity contribution in [2.24, 2.45) is 0 Å². The number of ether oxygens (including phenoxy) is 2. The lowest BCUT2D eigenvalue weighted by molar-refractivity contribution is -0.152. The van der Waals surface area contributed by atoms with Crippen LogP contribution in [-0.2, 0) is 20.9 Å². The summed E-state index contributed by atoms with van der Waals surface area (Å²) in [5.41, 5.74) is 0.873. The molecule has 0 bridgehead atoms. The van der Waals surface area contributed by atoms with Gasteiger partial charge in [-0.2, -0.15) is 0 Å². The lowest BCUT2D eigenvalue weighted by Gasteiger charge is -2.04. The molecule has 0 fully saturated rings. The van der Waals surface area contributed by atoms with Gasteiger partial charge in [-0.3, -0.25) is 4.79 Å². The number of carbonyl (C=O) groups is 2. The Morgan fingerprint density at radius 3 is 2.31 bits per heavy atom. The van der Waals surface area contributed by atoms with Gasteiger partial charge >= 0.3 is 11.9 Å². The van der Waals surface area contributed by atoms with Crippen molar-refractivity contribution in [1.29, 1.82) is 0 Å². The summed E-state index contributed by atoms with van der Waals surface area (Å²) in [6.45, 7) is 0.276. The van der Waals surface area contributed by atoms with Gasteiger partial charge in [0.15, 0.2) is 0 Å². The first-order chi connectivity index (χ1) is 7.67. The first kappa shape index (κ1) is 12.0. The highest BCUT2D eigenvalue weighted by Gasteiger charge is 2.12. The summed E-state index contributed by atoms with van der Waals surface area (Å²) in [6.07, 6.45) is 0. The molecule has 0 aliphatic heterocycles. The van der Waals surface area contributed by atoms with Crippen LogP contribution in [0.2, 0.25) is 0 Å². The van der Waals surface area contributed by atoms with Crippen molar-refractivity contribution >= 4 is 11.9 Å². The van der Waals surface area contributed by atoms with Crippen LogP contribution in [-0.4, -0.2) is 26.1 Å². The maximum absolute atomic E-state index is 11.1. The largest absolute Gasteiger partial charge is 0.497 e.